The first-order valence-corrected chi connectivity index (χ1v) is 5.13. The fraction of sp³-hybridized carbons (Fsp3) is 0.333. The topological polar surface area (TPSA) is 56.7 Å². The van der Waals surface area contributed by atoms with Crippen molar-refractivity contribution in [3.05, 3.63) is 16.8 Å². The lowest BCUT2D eigenvalue weighted by Gasteiger charge is -1.90. The SMILES string of the molecule is Cc1nc(C)c(-c2cc(N)n(C)n2)s1. The van der Waals surface area contributed by atoms with E-state index in [9.17, 15) is 0 Å². The van der Waals surface area contributed by atoms with Crippen molar-refractivity contribution in [2.45, 2.75) is 13.8 Å². The van der Waals surface area contributed by atoms with Gasteiger partial charge in [-0.1, -0.05) is 0 Å². The highest BCUT2D eigenvalue weighted by Crippen LogP contribution is 2.29. The summed E-state index contributed by atoms with van der Waals surface area (Å²) >= 11 is 1.65. The molecule has 0 fully saturated rings. The van der Waals surface area contributed by atoms with Gasteiger partial charge in [-0.05, 0) is 13.8 Å². The lowest BCUT2D eigenvalue weighted by Crippen LogP contribution is -1.96. The van der Waals surface area contributed by atoms with Crippen molar-refractivity contribution in [2.75, 3.05) is 5.73 Å². The minimum atomic E-state index is 0.672. The molecule has 4 nitrogen and oxygen atoms in total. The number of rotatable bonds is 1. The Morgan fingerprint density at radius 2 is 2.14 bits per heavy atom. The predicted octanol–water partition coefficient (Wildman–Crippen LogP) is 1.74. The molecule has 2 rings (SSSR count). The third-order valence-corrected chi connectivity index (χ3v) is 3.15. The van der Waals surface area contributed by atoms with Gasteiger partial charge in [0.1, 0.15) is 11.5 Å². The summed E-state index contributed by atoms with van der Waals surface area (Å²) in [5, 5.41) is 5.37. The van der Waals surface area contributed by atoms with E-state index in [1.165, 1.54) is 0 Å². The van der Waals surface area contributed by atoms with Gasteiger partial charge in [-0.3, -0.25) is 4.68 Å². The average molecular weight is 208 g/mol. The maximum absolute atomic E-state index is 5.72. The monoisotopic (exact) mass is 208 g/mol. The van der Waals surface area contributed by atoms with Crippen molar-refractivity contribution in [3.63, 3.8) is 0 Å². The standard InChI is InChI=1S/C9H12N4S/c1-5-9(14-6(2)11-5)7-4-8(10)13(3)12-7/h4H,10H2,1-3H3. The summed E-state index contributed by atoms with van der Waals surface area (Å²) in [5.41, 5.74) is 7.65. The van der Waals surface area contributed by atoms with Crippen LogP contribution in [0.15, 0.2) is 6.07 Å². The van der Waals surface area contributed by atoms with Crippen molar-refractivity contribution >= 4 is 17.2 Å². The van der Waals surface area contributed by atoms with Crippen LogP contribution in [0.25, 0.3) is 10.6 Å². The number of anilines is 1. The van der Waals surface area contributed by atoms with E-state index < -0.39 is 0 Å². The lowest BCUT2D eigenvalue weighted by atomic mass is 10.3. The zero-order chi connectivity index (χ0) is 10.3. The van der Waals surface area contributed by atoms with E-state index in [1.54, 1.807) is 16.0 Å². The Hall–Kier alpha value is -1.36. The summed E-state index contributed by atoms with van der Waals surface area (Å²) in [4.78, 5) is 5.46. The van der Waals surface area contributed by atoms with Crippen LogP contribution in [0.4, 0.5) is 5.82 Å². The Balaban J connectivity index is 2.54. The first kappa shape index (κ1) is 9.21. The molecule has 0 unspecified atom stereocenters. The van der Waals surface area contributed by atoms with Crippen LogP contribution in [-0.2, 0) is 7.05 Å². The van der Waals surface area contributed by atoms with Gasteiger partial charge in [-0.2, -0.15) is 5.10 Å². The average Bonchev–Trinajstić information content (AvgIpc) is 2.57. The Morgan fingerprint density at radius 1 is 1.43 bits per heavy atom. The molecule has 0 saturated carbocycles. The molecule has 0 aromatic carbocycles. The smallest absolute Gasteiger partial charge is 0.121 e. The molecule has 74 valence electrons. The molecule has 0 saturated heterocycles. The summed E-state index contributed by atoms with van der Waals surface area (Å²) in [7, 11) is 1.84. The molecule has 0 spiro atoms. The number of thiazole rings is 1. The highest BCUT2D eigenvalue weighted by Gasteiger charge is 2.11. The molecular weight excluding hydrogens is 196 g/mol. The third kappa shape index (κ3) is 1.39. The molecule has 2 heterocycles. The van der Waals surface area contributed by atoms with E-state index in [2.05, 4.69) is 10.1 Å². The van der Waals surface area contributed by atoms with Crippen LogP contribution in [0.1, 0.15) is 10.7 Å². The first-order valence-electron chi connectivity index (χ1n) is 4.32. The molecule has 5 heteroatoms. The number of nitrogen functional groups attached to an aromatic ring is 1. The van der Waals surface area contributed by atoms with Gasteiger partial charge in [0.15, 0.2) is 0 Å². The quantitative estimate of drug-likeness (QED) is 0.776. The van der Waals surface area contributed by atoms with Crippen LogP contribution >= 0.6 is 11.3 Å². The van der Waals surface area contributed by atoms with Gasteiger partial charge in [0.2, 0.25) is 0 Å². The molecule has 2 aromatic rings. The van der Waals surface area contributed by atoms with Crippen LogP contribution in [0.2, 0.25) is 0 Å². The maximum atomic E-state index is 5.72. The highest BCUT2D eigenvalue weighted by atomic mass is 32.1. The van der Waals surface area contributed by atoms with Crippen molar-refractivity contribution < 1.29 is 0 Å². The van der Waals surface area contributed by atoms with E-state index in [0.717, 1.165) is 21.3 Å². The summed E-state index contributed by atoms with van der Waals surface area (Å²) in [6, 6.07) is 1.87. The maximum Gasteiger partial charge on any atom is 0.121 e. The van der Waals surface area contributed by atoms with Gasteiger partial charge in [0.05, 0.1) is 15.6 Å². The summed E-state index contributed by atoms with van der Waals surface area (Å²) in [6.45, 7) is 3.98. The highest BCUT2D eigenvalue weighted by molar-refractivity contribution is 7.15. The van der Waals surface area contributed by atoms with Crippen LogP contribution in [-0.4, -0.2) is 14.8 Å². The molecule has 2 aromatic heterocycles. The van der Waals surface area contributed by atoms with E-state index in [0.29, 0.717) is 5.82 Å². The van der Waals surface area contributed by atoms with Gasteiger partial charge in [-0.25, -0.2) is 4.98 Å². The van der Waals surface area contributed by atoms with Crippen LogP contribution in [0, 0.1) is 13.8 Å². The fourth-order valence-electron chi connectivity index (χ4n) is 1.36. The number of hydrogen-bond acceptors (Lipinski definition) is 4. The summed E-state index contributed by atoms with van der Waals surface area (Å²) in [5.74, 6) is 0.672. The second-order valence-corrected chi connectivity index (χ2v) is 4.43. The van der Waals surface area contributed by atoms with Gasteiger partial charge in [-0.15, -0.1) is 11.3 Å². The Kier molecular flexibility index (Phi) is 2.03. The summed E-state index contributed by atoms with van der Waals surface area (Å²) < 4.78 is 1.67. The predicted molar refractivity (Wildman–Crippen MR) is 58.2 cm³/mol. The van der Waals surface area contributed by atoms with Crippen LogP contribution < -0.4 is 5.73 Å². The molecule has 0 atom stereocenters. The van der Waals surface area contributed by atoms with E-state index in [4.69, 9.17) is 5.73 Å². The third-order valence-electron chi connectivity index (χ3n) is 2.05. The minimum Gasteiger partial charge on any atom is -0.384 e. The zero-order valence-corrected chi connectivity index (χ0v) is 9.22. The van der Waals surface area contributed by atoms with E-state index >= 15 is 0 Å². The molecule has 0 bridgehead atoms. The van der Waals surface area contributed by atoms with E-state index in [1.807, 2.05) is 27.0 Å². The number of aromatic nitrogens is 3. The van der Waals surface area contributed by atoms with Crippen LogP contribution in [0.5, 0.6) is 0 Å². The zero-order valence-electron chi connectivity index (χ0n) is 8.40. The van der Waals surface area contributed by atoms with Gasteiger partial charge >= 0.3 is 0 Å². The van der Waals surface area contributed by atoms with Crippen molar-refractivity contribution in [3.8, 4) is 10.6 Å². The molecule has 14 heavy (non-hydrogen) atoms. The van der Waals surface area contributed by atoms with Gasteiger partial charge in [0.25, 0.3) is 0 Å². The minimum absolute atomic E-state index is 0.672. The van der Waals surface area contributed by atoms with Crippen molar-refractivity contribution in [1.29, 1.82) is 0 Å². The van der Waals surface area contributed by atoms with E-state index in [-0.39, 0.29) is 0 Å². The molecule has 0 aliphatic heterocycles. The molecule has 2 N–H and O–H groups in total. The normalized spacial score (nSPS) is 10.8. The Labute approximate surface area is 86.4 Å². The fourth-order valence-corrected chi connectivity index (χ4v) is 2.24. The largest absolute Gasteiger partial charge is 0.384 e. The number of nitrogens with two attached hydrogens (primary N) is 1. The van der Waals surface area contributed by atoms with Crippen LogP contribution in [0.3, 0.4) is 0 Å². The molecular formula is C9H12N4S. The first-order chi connectivity index (χ1) is 6.58. The Bertz CT molecular complexity index is 450. The molecule has 0 aliphatic rings. The van der Waals surface area contributed by atoms with Crippen molar-refractivity contribution in [1.82, 2.24) is 14.8 Å². The molecule has 0 radical (unpaired) electrons. The van der Waals surface area contributed by atoms with Gasteiger partial charge < -0.3 is 5.73 Å². The molecule has 0 amide bonds. The molecule has 0 aliphatic carbocycles. The second kappa shape index (κ2) is 3.09. The number of nitrogens with zero attached hydrogens (tertiary/aromatic N) is 3. The second-order valence-electron chi connectivity index (χ2n) is 3.23. The van der Waals surface area contributed by atoms with Crippen molar-refractivity contribution in [2.24, 2.45) is 7.05 Å². The number of aryl methyl sites for hydroxylation is 3. The summed E-state index contributed by atoms with van der Waals surface area (Å²) in [6.07, 6.45) is 0. The lowest BCUT2D eigenvalue weighted by molar-refractivity contribution is 0.782. The Morgan fingerprint density at radius 3 is 2.57 bits per heavy atom. The number of hydrogen-bond donors (Lipinski definition) is 1. The van der Waals surface area contributed by atoms with Gasteiger partial charge in [0, 0.05) is 13.1 Å².